The molecule has 0 saturated carbocycles. The van der Waals surface area contributed by atoms with E-state index in [9.17, 15) is 0 Å². The Balaban J connectivity index is 0.0000000841. The topological polar surface area (TPSA) is 122 Å². The maximum atomic E-state index is 6.60. The van der Waals surface area contributed by atoms with Crippen LogP contribution in [-0.4, -0.2) is 37.5 Å². The minimum absolute atomic E-state index is 0.901. The third kappa shape index (κ3) is 9.38. The van der Waals surface area contributed by atoms with Crippen LogP contribution in [-0.2, 0) is 0 Å². The highest BCUT2D eigenvalue weighted by atomic mass is 32.1. The number of hydrogen-bond donors (Lipinski definition) is 0. The van der Waals surface area contributed by atoms with Crippen molar-refractivity contribution >= 4 is 304 Å². The van der Waals surface area contributed by atoms with Crippen LogP contribution in [0.2, 0.25) is 0 Å². The minimum atomic E-state index is 0.901. The molecule has 14 aromatic heterocycles. The second-order valence-corrected chi connectivity index (χ2v) is 35.0. The number of nitrogens with zero attached hydrogens (tertiary/aromatic N) is 8. The van der Waals surface area contributed by atoms with Crippen LogP contribution in [0.3, 0.4) is 0 Å². The molecule has 0 unspecified atom stereocenters. The number of hydrogen-bond acceptors (Lipinski definition) is 10. The van der Waals surface area contributed by atoms with Crippen molar-refractivity contribution < 1.29 is 17.7 Å². The molecule has 14 heterocycles. The first-order valence-corrected chi connectivity index (χ1v) is 43.9. The SMILES string of the molecule is c1ccc2c(c1)nc1c3c(ccc4c5ccccc5oc43)c3ccccc3n21.c1ccc2c(c1)nc1c3cc4oc5ccccc5c4cc3c3ccccc3n21.c1ccc2c(c1)nc1c3ccc4c5ccccc5oc4c3c3c4c(ccc3n21)sc1ccccc14.c1ccc2c(c1)nc1c3ccc4c5ccccc5oc4c3c3c4sc5ccccc5c4ccc3n21. The molecule has 0 amide bonds. The Kier molecular flexibility index (Phi) is 13.8. The van der Waals surface area contributed by atoms with Crippen molar-refractivity contribution in [3.05, 3.63) is 364 Å². The quantitative estimate of drug-likeness (QED) is 0.138. The molecule has 0 radical (unpaired) electrons. The van der Waals surface area contributed by atoms with Gasteiger partial charge in [0, 0.05) is 132 Å². The Labute approximate surface area is 718 Å². The van der Waals surface area contributed by atoms with Crippen LogP contribution < -0.4 is 0 Å². The molecule has 18 aromatic carbocycles. The van der Waals surface area contributed by atoms with E-state index in [1.807, 2.05) is 71.2 Å². The van der Waals surface area contributed by atoms with Gasteiger partial charge < -0.3 is 17.7 Å². The van der Waals surface area contributed by atoms with E-state index in [1.54, 1.807) is 0 Å². The summed E-state index contributed by atoms with van der Waals surface area (Å²) in [5, 5.41) is 28.3. The van der Waals surface area contributed by atoms with Crippen LogP contribution in [0.4, 0.5) is 0 Å². The van der Waals surface area contributed by atoms with Crippen LogP contribution in [0, 0.1) is 0 Å². The standard InChI is InChI=1S/2C31H16N2OS.2C25H14N2O/c1-5-11-24-17(7-1)18-13-14-20-28(30(18)34-24)29-23(33-22-10-4-3-9-21(22)32-31(20)33)15-16-26-27(29)19-8-2-6-12-25(19)35-26;1-5-11-25-17(7-1)19-13-14-21-27(29(19)34-25)28-24(33-23-10-4-3-9-22(23)32-31(21)33)16-15-20-18-8-2-6-12-26(18)35-30(20)28;1-4-10-21-15(7-1)17-13-18-16-8-2-6-12-23(16)28-24(18)14-19(17)25-26-20-9-3-5-11-22(20)27(21)25;1-4-10-20-15(7-1)17-13-14-18-16-8-2-6-12-22(16)28-24(18)23(17)25-26-19-9-3-5-11-21(19)27(20)25/h2*1-16H;2*1-14H. The van der Waals surface area contributed by atoms with Gasteiger partial charge in [-0.3, -0.25) is 17.6 Å². The highest BCUT2D eigenvalue weighted by Gasteiger charge is 2.27. The third-order valence-corrected chi connectivity index (χ3v) is 28.6. The number of imidazole rings is 4. The van der Waals surface area contributed by atoms with Gasteiger partial charge in [0.1, 0.15) is 67.3 Å². The average Bonchev–Trinajstić information content (AvgIpc) is 1.54. The van der Waals surface area contributed by atoms with Gasteiger partial charge in [-0.2, -0.15) is 0 Å². The summed E-state index contributed by atoms with van der Waals surface area (Å²) in [7, 11) is 0. The molecule has 32 aromatic rings. The van der Waals surface area contributed by atoms with Gasteiger partial charge in [-0.25, -0.2) is 19.9 Å². The van der Waals surface area contributed by atoms with Gasteiger partial charge in [0.25, 0.3) is 0 Å². The van der Waals surface area contributed by atoms with Crippen LogP contribution in [0.15, 0.2) is 382 Å². The number of benzene rings is 18. The van der Waals surface area contributed by atoms with Crippen molar-refractivity contribution in [1.29, 1.82) is 0 Å². The fourth-order valence-electron chi connectivity index (χ4n) is 20.9. The highest BCUT2D eigenvalue weighted by molar-refractivity contribution is 7.27. The van der Waals surface area contributed by atoms with Gasteiger partial charge in [0.05, 0.1) is 71.6 Å². The first-order chi connectivity index (χ1) is 62.5. The number of thiophene rings is 2. The molecule has 0 atom stereocenters. The molecule has 0 bridgehead atoms. The van der Waals surface area contributed by atoms with E-state index in [4.69, 9.17) is 37.6 Å². The molecule has 0 aliphatic heterocycles. The normalized spacial score (nSPS) is 12.4. The van der Waals surface area contributed by atoms with Crippen LogP contribution >= 0.6 is 22.7 Å². The molecular weight excluding hydrogens is 1590 g/mol. The number of fused-ring (bicyclic) bond motifs is 55. The fourth-order valence-corrected chi connectivity index (χ4v) is 23.3. The lowest BCUT2D eigenvalue weighted by Crippen LogP contribution is -1.92. The molecule has 0 aliphatic carbocycles. The first-order valence-electron chi connectivity index (χ1n) is 42.3. The van der Waals surface area contributed by atoms with E-state index in [-0.39, 0.29) is 0 Å². The average molecular weight is 1650 g/mol. The van der Waals surface area contributed by atoms with Crippen molar-refractivity contribution in [2.24, 2.45) is 0 Å². The summed E-state index contributed by atoms with van der Waals surface area (Å²) in [4.78, 5) is 20.2. The predicted octanol–water partition coefficient (Wildman–Crippen LogP) is 31.5. The summed E-state index contributed by atoms with van der Waals surface area (Å²) >= 11 is 3.71. The first kappa shape index (κ1) is 68.2. The smallest absolute Gasteiger partial charge is 0.150 e. The second-order valence-electron chi connectivity index (χ2n) is 32.8. The molecule has 0 saturated heterocycles. The Morgan fingerprint density at radius 1 is 0.175 bits per heavy atom. The maximum Gasteiger partial charge on any atom is 0.150 e. The zero-order chi connectivity index (χ0) is 81.8. The lowest BCUT2D eigenvalue weighted by molar-refractivity contribution is 0.669. The molecule has 584 valence electrons. The summed E-state index contributed by atoms with van der Waals surface area (Å²) < 4.78 is 40.1. The fraction of sp³-hybridized carbons (Fsp3) is 0. The molecule has 14 heteroatoms. The van der Waals surface area contributed by atoms with E-state index in [1.165, 1.54) is 78.2 Å². The van der Waals surface area contributed by atoms with Gasteiger partial charge in [-0.1, -0.05) is 206 Å². The van der Waals surface area contributed by atoms with Crippen LogP contribution in [0.25, 0.3) is 282 Å². The summed E-state index contributed by atoms with van der Waals surface area (Å²) in [6.07, 6.45) is 0. The Bertz CT molecular complexity index is 10400. The van der Waals surface area contributed by atoms with Crippen molar-refractivity contribution in [3.8, 4) is 0 Å². The zero-order valence-electron chi connectivity index (χ0n) is 66.7. The van der Waals surface area contributed by atoms with Crippen molar-refractivity contribution in [1.82, 2.24) is 37.5 Å². The number of pyridine rings is 4. The van der Waals surface area contributed by atoms with Gasteiger partial charge in [0.2, 0.25) is 0 Å². The Morgan fingerprint density at radius 3 is 1.07 bits per heavy atom. The second kappa shape index (κ2) is 25.5. The minimum Gasteiger partial charge on any atom is -0.456 e. The number of aromatic nitrogens is 8. The number of para-hydroxylation sites is 14. The van der Waals surface area contributed by atoms with Crippen molar-refractivity contribution in [3.63, 3.8) is 0 Å². The summed E-state index contributed by atoms with van der Waals surface area (Å²) in [5.74, 6) is 0. The van der Waals surface area contributed by atoms with Crippen molar-refractivity contribution in [2.45, 2.75) is 0 Å². The lowest BCUT2D eigenvalue weighted by atomic mass is 9.98. The molecule has 0 N–H and O–H groups in total. The van der Waals surface area contributed by atoms with E-state index < -0.39 is 0 Å². The van der Waals surface area contributed by atoms with E-state index in [0.717, 1.165) is 203 Å². The molecular formula is C112H60N8O4S2. The summed E-state index contributed by atoms with van der Waals surface area (Å²) in [5.41, 5.74) is 24.3. The van der Waals surface area contributed by atoms with Gasteiger partial charge in [-0.05, 0) is 168 Å². The predicted molar refractivity (Wildman–Crippen MR) is 526 cm³/mol. The molecule has 0 fully saturated rings. The van der Waals surface area contributed by atoms with Gasteiger partial charge >= 0.3 is 0 Å². The summed E-state index contributed by atoms with van der Waals surface area (Å²) in [6.45, 7) is 0. The lowest BCUT2D eigenvalue weighted by Gasteiger charge is -2.11. The van der Waals surface area contributed by atoms with Gasteiger partial charge in [-0.15, -0.1) is 22.7 Å². The monoisotopic (exact) mass is 1640 g/mol. The molecule has 32 rings (SSSR count). The summed E-state index contributed by atoms with van der Waals surface area (Å²) in [6, 6.07) is 128. The maximum absolute atomic E-state index is 6.60. The Morgan fingerprint density at radius 2 is 0.532 bits per heavy atom. The molecule has 0 aliphatic rings. The third-order valence-electron chi connectivity index (χ3n) is 26.2. The van der Waals surface area contributed by atoms with E-state index >= 15 is 0 Å². The molecule has 12 nitrogen and oxygen atoms in total. The highest BCUT2D eigenvalue weighted by Crippen LogP contribution is 2.51. The van der Waals surface area contributed by atoms with E-state index in [0.29, 0.717) is 0 Å². The largest absolute Gasteiger partial charge is 0.456 e. The zero-order valence-corrected chi connectivity index (χ0v) is 68.3. The van der Waals surface area contributed by atoms with E-state index in [2.05, 4.69) is 333 Å². The van der Waals surface area contributed by atoms with Crippen molar-refractivity contribution in [2.75, 3.05) is 0 Å². The Hall–Kier alpha value is -16.5. The molecule has 126 heavy (non-hydrogen) atoms. The van der Waals surface area contributed by atoms with Gasteiger partial charge in [0.15, 0.2) is 0 Å². The number of furan rings is 4. The molecule has 0 spiro atoms. The van der Waals surface area contributed by atoms with Crippen LogP contribution in [0.5, 0.6) is 0 Å². The number of rotatable bonds is 0. The van der Waals surface area contributed by atoms with Crippen LogP contribution in [0.1, 0.15) is 0 Å².